The Morgan fingerprint density at radius 1 is 1.40 bits per heavy atom. The number of aryl methyl sites for hydroxylation is 2. The summed E-state index contributed by atoms with van der Waals surface area (Å²) in [7, 11) is 0. The Hall–Kier alpha value is -1.59. The number of imidazole rings is 1. The highest BCUT2D eigenvalue weighted by molar-refractivity contribution is 7.71. The number of pyridine rings is 1. The van der Waals surface area contributed by atoms with Crippen LogP contribution in [0.25, 0.3) is 11.2 Å². The molecule has 3 aromatic rings. The van der Waals surface area contributed by atoms with E-state index in [2.05, 4.69) is 16.9 Å². The van der Waals surface area contributed by atoms with E-state index in [1.807, 2.05) is 30.5 Å². The predicted molar refractivity (Wildman–Crippen MR) is 81.9 cm³/mol. The quantitative estimate of drug-likeness (QED) is 0.706. The third-order valence-electron chi connectivity index (χ3n) is 3.44. The molecule has 1 unspecified atom stereocenters. The van der Waals surface area contributed by atoms with Gasteiger partial charge in [-0.3, -0.25) is 4.57 Å². The second-order valence-electron chi connectivity index (χ2n) is 4.87. The smallest absolute Gasteiger partial charge is 0.179 e. The number of nitrogens with zero attached hydrogens (tertiary/aromatic N) is 2. The number of halogens is 1. The number of fused-ring (bicyclic) bond motifs is 1. The highest BCUT2D eigenvalue weighted by Gasteiger charge is 2.18. The molecule has 20 heavy (non-hydrogen) atoms. The van der Waals surface area contributed by atoms with E-state index in [1.165, 1.54) is 0 Å². The molecule has 0 radical (unpaired) electrons. The molecule has 3 aromatic heterocycles. The molecular weight excluding hydrogens is 294 g/mol. The molecule has 1 N–H and O–H groups in total. The van der Waals surface area contributed by atoms with Crippen molar-refractivity contribution in [3.63, 3.8) is 0 Å². The van der Waals surface area contributed by atoms with Gasteiger partial charge in [0.05, 0.1) is 16.6 Å². The molecule has 0 saturated carbocycles. The zero-order valence-corrected chi connectivity index (χ0v) is 13.0. The molecule has 0 amide bonds. The molecule has 0 aliphatic rings. The van der Waals surface area contributed by atoms with E-state index >= 15 is 0 Å². The van der Waals surface area contributed by atoms with Crippen LogP contribution < -0.4 is 0 Å². The molecule has 104 valence electrons. The highest BCUT2D eigenvalue weighted by atomic mass is 35.5. The maximum atomic E-state index is 5.96. The maximum Gasteiger partial charge on any atom is 0.179 e. The normalized spacial score (nSPS) is 13.0. The van der Waals surface area contributed by atoms with Crippen molar-refractivity contribution in [2.24, 2.45) is 0 Å². The number of furan rings is 1. The van der Waals surface area contributed by atoms with Crippen molar-refractivity contribution in [2.45, 2.75) is 26.8 Å². The first-order chi connectivity index (χ1) is 9.47. The number of nitrogens with one attached hydrogen (secondary N) is 1. The minimum Gasteiger partial charge on any atom is -0.466 e. The summed E-state index contributed by atoms with van der Waals surface area (Å²) in [5.74, 6) is 1.80. The zero-order valence-electron chi connectivity index (χ0n) is 11.4. The van der Waals surface area contributed by atoms with Crippen LogP contribution in [-0.2, 0) is 0 Å². The number of aromatic nitrogens is 3. The molecule has 6 heteroatoms. The maximum absolute atomic E-state index is 5.96. The lowest BCUT2D eigenvalue weighted by atomic mass is 10.1. The van der Waals surface area contributed by atoms with Crippen molar-refractivity contribution < 1.29 is 4.42 Å². The number of hydrogen-bond acceptors (Lipinski definition) is 3. The minimum absolute atomic E-state index is 0.0439. The summed E-state index contributed by atoms with van der Waals surface area (Å²) in [5.41, 5.74) is 2.74. The third kappa shape index (κ3) is 2.07. The van der Waals surface area contributed by atoms with E-state index in [-0.39, 0.29) is 6.04 Å². The third-order valence-corrected chi connectivity index (χ3v) is 3.94. The van der Waals surface area contributed by atoms with E-state index in [0.29, 0.717) is 9.79 Å². The van der Waals surface area contributed by atoms with Gasteiger partial charge >= 0.3 is 0 Å². The van der Waals surface area contributed by atoms with Gasteiger partial charge in [0.2, 0.25) is 0 Å². The molecule has 0 spiro atoms. The molecule has 0 aliphatic heterocycles. The van der Waals surface area contributed by atoms with E-state index in [1.54, 1.807) is 6.20 Å². The topological polar surface area (TPSA) is 46.8 Å². The zero-order chi connectivity index (χ0) is 14.4. The van der Waals surface area contributed by atoms with Crippen LogP contribution in [0.5, 0.6) is 0 Å². The van der Waals surface area contributed by atoms with E-state index < -0.39 is 0 Å². The number of rotatable bonds is 2. The monoisotopic (exact) mass is 307 g/mol. The molecular formula is C14H14ClN3OS. The Bertz CT molecular complexity index is 846. The summed E-state index contributed by atoms with van der Waals surface area (Å²) in [6, 6.07) is 3.91. The van der Waals surface area contributed by atoms with Gasteiger partial charge in [-0.15, -0.1) is 0 Å². The Balaban J connectivity index is 2.21. The number of H-pyrrole nitrogens is 1. The fourth-order valence-corrected chi connectivity index (χ4v) is 3.06. The fraction of sp³-hybridized carbons (Fsp3) is 0.286. The van der Waals surface area contributed by atoms with Gasteiger partial charge in [-0.05, 0) is 45.1 Å². The van der Waals surface area contributed by atoms with Crippen LogP contribution in [0.1, 0.15) is 30.0 Å². The van der Waals surface area contributed by atoms with Gasteiger partial charge < -0.3 is 9.40 Å². The van der Waals surface area contributed by atoms with Gasteiger partial charge in [0.1, 0.15) is 11.5 Å². The van der Waals surface area contributed by atoms with Gasteiger partial charge in [-0.25, -0.2) is 4.98 Å². The summed E-state index contributed by atoms with van der Waals surface area (Å²) in [4.78, 5) is 7.53. The number of hydrogen-bond donors (Lipinski definition) is 1. The first-order valence-electron chi connectivity index (χ1n) is 6.30. The lowest BCUT2D eigenvalue weighted by molar-refractivity contribution is 0.494. The molecule has 0 aromatic carbocycles. The van der Waals surface area contributed by atoms with Crippen molar-refractivity contribution in [1.82, 2.24) is 14.5 Å². The number of aromatic amines is 1. The molecule has 0 fully saturated rings. The SMILES string of the molecule is Cc1cc(C(C)n2c(=S)[nH]c3cc(Cl)cnc32)c(C)o1. The van der Waals surface area contributed by atoms with Crippen molar-refractivity contribution in [2.75, 3.05) is 0 Å². The van der Waals surface area contributed by atoms with Crippen molar-refractivity contribution in [3.05, 3.63) is 45.2 Å². The van der Waals surface area contributed by atoms with Crippen LogP contribution in [0.3, 0.4) is 0 Å². The minimum atomic E-state index is 0.0439. The Morgan fingerprint density at radius 3 is 2.80 bits per heavy atom. The van der Waals surface area contributed by atoms with Crippen molar-refractivity contribution in [3.8, 4) is 0 Å². The van der Waals surface area contributed by atoms with E-state index in [0.717, 1.165) is 28.2 Å². The Kier molecular flexibility index (Phi) is 3.18. The standard InChI is InChI=1S/C14H14ClN3OS/c1-7-4-11(9(3)19-7)8(2)18-13-12(17-14(18)20)5-10(15)6-16-13/h4-6,8H,1-3H3,(H,17,20). The molecule has 3 heterocycles. The average Bonchev–Trinajstić information content (AvgIpc) is 2.87. The van der Waals surface area contributed by atoms with Crippen LogP contribution in [-0.4, -0.2) is 14.5 Å². The lowest BCUT2D eigenvalue weighted by Crippen LogP contribution is -2.07. The van der Waals surface area contributed by atoms with Crippen LogP contribution in [0.15, 0.2) is 22.7 Å². The van der Waals surface area contributed by atoms with Gasteiger partial charge in [-0.2, -0.15) is 0 Å². The lowest BCUT2D eigenvalue weighted by Gasteiger charge is -2.13. The molecule has 3 rings (SSSR count). The summed E-state index contributed by atoms with van der Waals surface area (Å²) in [6.07, 6.45) is 1.63. The van der Waals surface area contributed by atoms with E-state index in [4.69, 9.17) is 28.2 Å². The first kappa shape index (κ1) is 13.4. The average molecular weight is 308 g/mol. The predicted octanol–water partition coefficient (Wildman–Crippen LogP) is 4.57. The van der Waals surface area contributed by atoms with Crippen molar-refractivity contribution in [1.29, 1.82) is 0 Å². The second-order valence-corrected chi connectivity index (χ2v) is 5.69. The Morgan fingerprint density at radius 2 is 2.15 bits per heavy atom. The molecule has 1 atom stereocenters. The van der Waals surface area contributed by atoms with Gasteiger partial charge in [0, 0.05) is 11.8 Å². The second kappa shape index (κ2) is 4.75. The van der Waals surface area contributed by atoms with Crippen LogP contribution >= 0.6 is 23.8 Å². The van der Waals surface area contributed by atoms with Gasteiger partial charge in [-0.1, -0.05) is 11.6 Å². The highest BCUT2D eigenvalue weighted by Crippen LogP contribution is 2.28. The first-order valence-corrected chi connectivity index (χ1v) is 7.08. The summed E-state index contributed by atoms with van der Waals surface area (Å²) < 4.78 is 8.22. The molecule has 0 saturated heterocycles. The molecule has 0 aliphatic carbocycles. The van der Waals surface area contributed by atoms with Gasteiger partial charge in [0.25, 0.3) is 0 Å². The van der Waals surface area contributed by atoms with Crippen LogP contribution in [0, 0.1) is 18.6 Å². The largest absolute Gasteiger partial charge is 0.466 e. The summed E-state index contributed by atoms with van der Waals surface area (Å²) in [5, 5.41) is 0.587. The Labute approximate surface area is 126 Å². The van der Waals surface area contributed by atoms with Gasteiger partial charge in [0.15, 0.2) is 10.4 Å². The van der Waals surface area contributed by atoms with Crippen LogP contribution in [0.4, 0.5) is 0 Å². The van der Waals surface area contributed by atoms with Crippen molar-refractivity contribution >= 4 is 35.0 Å². The van der Waals surface area contributed by atoms with E-state index in [9.17, 15) is 0 Å². The summed E-state index contributed by atoms with van der Waals surface area (Å²) in [6.45, 7) is 5.98. The van der Waals surface area contributed by atoms with Crippen LogP contribution in [0.2, 0.25) is 5.02 Å². The fourth-order valence-electron chi connectivity index (χ4n) is 2.55. The molecule has 0 bridgehead atoms. The summed E-state index contributed by atoms with van der Waals surface area (Å²) >= 11 is 11.4. The molecule has 4 nitrogen and oxygen atoms in total.